The number of hydrogen-bond donors (Lipinski definition) is 3. The van der Waals surface area contributed by atoms with Gasteiger partial charge in [-0.15, -0.1) is 0 Å². The molecule has 0 aliphatic rings. The standard InChI is InChI=1S/C18H23NO3/c20-12-11-19-13-17(21)14-22-18(15-7-3-1-4-8-15)16-9-5-2-6-10-16/h1-10,17-21H,11-14H2/t17-/m0/s1. The third-order valence-corrected chi connectivity index (χ3v) is 3.33. The first-order valence-electron chi connectivity index (χ1n) is 7.52. The van der Waals surface area contributed by atoms with Gasteiger partial charge in [-0.2, -0.15) is 0 Å². The number of ether oxygens (including phenoxy) is 1. The molecule has 0 amide bonds. The van der Waals surface area contributed by atoms with Crippen LogP contribution in [0.4, 0.5) is 0 Å². The summed E-state index contributed by atoms with van der Waals surface area (Å²) < 4.78 is 5.95. The van der Waals surface area contributed by atoms with E-state index in [4.69, 9.17) is 9.84 Å². The van der Waals surface area contributed by atoms with Gasteiger partial charge in [-0.1, -0.05) is 60.7 Å². The van der Waals surface area contributed by atoms with Crippen molar-refractivity contribution in [3.05, 3.63) is 71.8 Å². The van der Waals surface area contributed by atoms with E-state index in [0.717, 1.165) is 11.1 Å². The van der Waals surface area contributed by atoms with E-state index in [1.807, 2.05) is 60.7 Å². The van der Waals surface area contributed by atoms with Crippen LogP contribution in [0.15, 0.2) is 60.7 Å². The fraction of sp³-hybridized carbons (Fsp3) is 0.333. The summed E-state index contributed by atoms with van der Waals surface area (Å²) in [6.07, 6.45) is -0.809. The second-order valence-electron chi connectivity index (χ2n) is 5.12. The second-order valence-corrected chi connectivity index (χ2v) is 5.12. The zero-order chi connectivity index (χ0) is 15.6. The van der Waals surface area contributed by atoms with Crippen molar-refractivity contribution in [3.63, 3.8) is 0 Å². The fourth-order valence-electron chi connectivity index (χ4n) is 2.25. The third-order valence-electron chi connectivity index (χ3n) is 3.33. The maximum absolute atomic E-state index is 9.95. The molecule has 0 saturated carbocycles. The zero-order valence-corrected chi connectivity index (χ0v) is 12.6. The molecule has 2 aromatic carbocycles. The maximum atomic E-state index is 9.95. The van der Waals surface area contributed by atoms with Crippen LogP contribution in [0.25, 0.3) is 0 Å². The molecule has 0 saturated heterocycles. The van der Waals surface area contributed by atoms with E-state index in [-0.39, 0.29) is 19.3 Å². The second kappa shape index (κ2) is 9.33. The summed E-state index contributed by atoms with van der Waals surface area (Å²) in [5.41, 5.74) is 2.12. The Morgan fingerprint density at radius 1 is 0.909 bits per heavy atom. The quantitative estimate of drug-likeness (QED) is 0.617. The molecule has 0 heterocycles. The van der Waals surface area contributed by atoms with Crippen LogP contribution in [-0.2, 0) is 4.74 Å². The molecule has 2 rings (SSSR count). The molecule has 0 radical (unpaired) electrons. The zero-order valence-electron chi connectivity index (χ0n) is 12.6. The summed E-state index contributed by atoms with van der Waals surface area (Å²) in [7, 11) is 0. The van der Waals surface area contributed by atoms with Crippen molar-refractivity contribution in [2.24, 2.45) is 0 Å². The molecule has 118 valence electrons. The molecule has 3 N–H and O–H groups in total. The monoisotopic (exact) mass is 301 g/mol. The number of nitrogens with one attached hydrogen (secondary N) is 1. The van der Waals surface area contributed by atoms with Crippen LogP contribution in [0.2, 0.25) is 0 Å². The Hall–Kier alpha value is -1.72. The number of aliphatic hydroxyl groups excluding tert-OH is 2. The first kappa shape index (κ1) is 16.6. The van der Waals surface area contributed by atoms with Gasteiger partial charge in [0.25, 0.3) is 0 Å². The molecule has 0 aliphatic carbocycles. The molecule has 0 unspecified atom stereocenters. The summed E-state index contributed by atoms with van der Waals surface area (Å²) in [4.78, 5) is 0. The summed E-state index contributed by atoms with van der Waals surface area (Å²) >= 11 is 0. The highest BCUT2D eigenvalue weighted by Crippen LogP contribution is 2.25. The highest BCUT2D eigenvalue weighted by molar-refractivity contribution is 5.29. The van der Waals surface area contributed by atoms with E-state index in [1.54, 1.807) is 0 Å². The topological polar surface area (TPSA) is 61.7 Å². The van der Waals surface area contributed by atoms with E-state index in [9.17, 15) is 5.11 Å². The van der Waals surface area contributed by atoms with E-state index in [0.29, 0.717) is 13.1 Å². The Balaban J connectivity index is 2.00. The van der Waals surface area contributed by atoms with Gasteiger partial charge in [-0.25, -0.2) is 0 Å². The van der Waals surface area contributed by atoms with Crippen LogP contribution in [0.1, 0.15) is 17.2 Å². The molecule has 0 fully saturated rings. The molecule has 1 atom stereocenters. The van der Waals surface area contributed by atoms with Gasteiger partial charge in [-0.3, -0.25) is 0 Å². The van der Waals surface area contributed by atoms with Crippen molar-refractivity contribution in [1.82, 2.24) is 5.32 Å². The van der Waals surface area contributed by atoms with Gasteiger partial charge in [0.15, 0.2) is 0 Å². The number of rotatable bonds is 9. The molecule has 4 nitrogen and oxygen atoms in total. The molecule has 0 aromatic heterocycles. The van der Waals surface area contributed by atoms with E-state index in [1.165, 1.54) is 0 Å². The first-order valence-corrected chi connectivity index (χ1v) is 7.52. The summed E-state index contributed by atoms with van der Waals surface area (Å²) in [6, 6.07) is 20.0. The largest absolute Gasteiger partial charge is 0.395 e. The van der Waals surface area contributed by atoms with Gasteiger partial charge in [0.05, 0.1) is 19.3 Å². The maximum Gasteiger partial charge on any atom is 0.108 e. The molecular weight excluding hydrogens is 278 g/mol. The predicted octanol–water partition coefficient (Wildman–Crippen LogP) is 1.74. The minimum Gasteiger partial charge on any atom is -0.395 e. The predicted molar refractivity (Wildman–Crippen MR) is 86.6 cm³/mol. The van der Waals surface area contributed by atoms with Gasteiger partial charge in [-0.05, 0) is 11.1 Å². The lowest BCUT2D eigenvalue weighted by Crippen LogP contribution is -2.32. The highest BCUT2D eigenvalue weighted by atomic mass is 16.5. The Bertz CT molecular complexity index is 479. The van der Waals surface area contributed by atoms with Crippen LogP contribution in [0.3, 0.4) is 0 Å². The summed E-state index contributed by atoms with van der Waals surface area (Å²) in [5, 5.41) is 21.6. The summed E-state index contributed by atoms with van der Waals surface area (Å²) in [5.74, 6) is 0. The van der Waals surface area contributed by atoms with E-state index in [2.05, 4.69) is 5.32 Å². The van der Waals surface area contributed by atoms with Crippen molar-refractivity contribution < 1.29 is 14.9 Å². The normalized spacial score (nSPS) is 12.5. The van der Waals surface area contributed by atoms with Crippen molar-refractivity contribution >= 4 is 0 Å². The van der Waals surface area contributed by atoms with Gasteiger partial charge in [0, 0.05) is 13.1 Å². The van der Waals surface area contributed by atoms with Crippen molar-refractivity contribution in [2.45, 2.75) is 12.2 Å². The van der Waals surface area contributed by atoms with E-state index < -0.39 is 6.10 Å². The van der Waals surface area contributed by atoms with Gasteiger partial charge >= 0.3 is 0 Å². The fourth-order valence-corrected chi connectivity index (χ4v) is 2.25. The van der Waals surface area contributed by atoms with Gasteiger partial charge in [0.1, 0.15) is 6.10 Å². The lowest BCUT2D eigenvalue weighted by molar-refractivity contribution is 0.00637. The van der Waals surface area contributed by atoms with Gasteiger partial charge < -0.3 is 20.3 Å². The smallest absolute Gasteiger partial charge is 0.108 e. The van der Waals surface area contributed by atoms with Crippen LogP contribution in [0.5, 0.6) is 0 Å². The van der Waals surface area contributed by atoms with Crippen molar-refractivity contribution in [3.8, 4) is 0 Å². The first-order chi connectivity index (χ1) is 10.8. The molecule has 4 heteroatoms. The van der Waals surface area contributed by atoms with Crippen molar-refractivity contribution in [1.29, 1.82) is 0 Å². The minimum atomic E-state index is -0.610. The molecule has 22 heavy (non-hydrogen) atoms. The Morgan fingerprint density at radius 2 is 1.45 bits per heavy atom. The Morgan fingerprint density at radius 3 is 1.95 bits per heavy atom. The number of benzene rings is 2. The van der Waals surface area contributed by atoms with Gasteiger partial charge in [0.2, 0.25) is 0 Å². The van der Waals surface area contributed by atoms with E-state index >= 15 is 0 Å². The van der Waals surface area contributed by atoms with Crippen LogP contribution in [0, 0.1) is 0 Å². The van der Waals surface area contributed by atoms with Crippen molar-refractivity contribution in [2.75, 3.05) is 26.3 Å². The third kappa shape index (κ3) is 5.24. The molecule has 2 aromatic rings. The Labute approximate surface area is 131 Å². The highest BCUT2D eigenvalue weighted by Gasteiger charge is 2.16. The number of aliphatic hydroxyl groups is 2. The molecule has 0 spiro atoms. The molecule has 0 aliphatic heterocycles. The van der Waals surface area contributed by atoms with Crippen LogP contribution >= 0.6 is 0 Å². The Kier molecular flexibility index (Phi) is 7.06. The van der Waals surface area contributed by atoms with Crippen LogP contribution in [-0.4, -0.2) is 42.6 Å². The lowest BCUT2D eigenvalue weighted by atomic mass is 10.0. The van der Waals surface area contributed by atoms with Crippen LogP contribution < -0.4 is 5.32 Å². The molecular formula is C18H23NO3. The number of hydrogen-bond acceptors (Lipinski definition) is 4. The lowest BCUT2D eigenvalue weighted by Gasteiger charge is -2.21. The summed E-state index contributed by atoms with van der Waals surface area (Å²) in [6.45, 7) is 1.16. The average Bonchev–Trinajstić information content (AvgIpc) is 2.57. The molecule has 0 bridgehead atoms. The minimum absolute atomic E-state index is 0.0598. The average molecular weight is 301 g/mol. The SMILES string of the molecule is OCCNC[C@H](O)COC(c1ccccc1)c1ccccc1.